The van der Waals surface area contributed by atoms with Gasteiger partial charge in [-0.2, -0.15) is 0 Å². The number of rotatable bonds is 7. The number of aliphatic hydroxyl groups is 1. The molecule has 3 atom stereocenters. The Morgan fingerprint density at radius 3 is 1.95 bits per heavy atom. The molecule has 0 aromatic heterocycles. The number of nitrogens with zero attached hydrogens (tertiary/aromatic N) is 1. The highest BCUT2D eigenvalue weighted by Crippen LogP contribution is 2.67. The molecule has 4 N–H and O–H groups in total. The van der Waals surface area contributed by atoms with Crippen LogP contribution < -0.4 is 4.89 Å². The molecule has 0 aromatic carbocycles. The van der Waals surface area contributed by atoms with Crippen LogP contribution >= 0.6 is 15.2 Å². The van der Waals surface area contributed by atoms with E-state index in [0.29, 0.717) is 11.4 Å². The van der Waals surface area contributed by atoms with Crippen molar-refractivity contribution in [3.05, 3.63) is 0 Å². The lowest BCUT2D eigenvalue weighted by atomic mass is 10.3. The van der Waals surface area contributed by atoms with Crippen molar-refractivity contribution in [2.24, 2.45) is 0 Å². The summed E-state index contributed by atoms with van der Waals surface area (Å²) >= 11 is 0. The van der Waals surface area contributed by atoms with E-state index < -0.39 is 33.0 Å². The number of likely N-dealkylation sites (N-methyl/N-ethyl adjacent to an activating group) is 1. The molecule has 0 saturated heterocycles. The predicted octanol–water partition coefficient (Wildman–Crippen LogP) is -1.53. The third-order valence-corrected chi connectivity index (χ3v) is 6.30. The van der Waals surface area contributed by atoms with Gasteiger partial charge in [-0.15, -0.1) is 0 Å². The molecule has 0 radical (unpaired) electrons. The molecule has 0 aliphatic rings. The van der Waals surface area contributed by atoms with Crippen LogP contribution in [0.15, 0.2) is 0 Å². The predicted molar refractivity (Wildman–Crippen MR) is 65.1 cm³/mol. The van der Waals surface area contributed by atoms with E-state index in [2.05, 4.69) is 4.74 Å². The molecule has 0 aliphatic heterocycles. The van der Waals surface area contributed by atoms with Crippen LogP contribution in [0.3, 0.4) is 0 Å². The number of hydrogen-bond donors (Lipinski definition) is 4. The zero-order valence-corrected chi connectivity index (χ0v) is 13.0. The van der Waals surface area contributed by atoms with Crippen LogP contribution in [0.25, 0.3) is 0 Å². The second kappa shape index (κ2) is 5.89. The van der Waals surface area contributed by atoms with Crippen LogP contribution in [0.5, 0.6) is 0 Å². The maximum Gasteiger partial charge on any atom is 0.365 e. The Morgan fingerprint density at radius 2 is 1.68 bits per heavy atom. The molecule has 0 fully saturated rings. The van der Waals surface area contributed by atoms with Gasteiger partial charge >= 0.3 is 7.60 Å². The van der Waals surface area contributed by atoms with Gasteiger partial charge in [-0.1, -0.05) is 0 Å². The van der Waals surface area contributed by atoms with E-state index >= 15 is 0 Å². The zero-order chi connectivity index (χ0) is 15.7. The van der Waals surface area contributed by atoms with Gasteiger partial charge in [0.05, 0.1) is 27.7 Å². The molecule has 0 aromatic rings. The average Bonchev–Trinajstić information content (AvgIpc) is 2.07. The van der Waals surface area contributed by atoms with E-state index in [0.717, 1.165) is 0 Å². The molecule has 3 unspecified atom stereocenters. The molecule has 0 saturated carbocycles. The fraction of sp³-hybridized carbons (Fsp3) is 1.00. The molecular formula is C8H21NO8P2. The van der Waals surface area contributed by atoms with Gasteiger partial charge in [0.1, 0.15) is 12.6 Å². The van der Waals surface area contributed by atoms with Gasteiger partial charge in [0.2, 0.25) is 5.08 Å². The molecule has 0 aliphatic carbocycles. The molecule has 0 amide bonds. The van der Waals surface area contributed by atoms with E-state index in [1.165, 1.54) is 0 Å². The summed E-state index contributed by atoms with van der Waals surface area (Å²) in [6.07, 6.45) is -1.14. The highest BCUT2D eigenvalue weighted by Gasteiger charge is 2.52. The SMILES string of the molecule is CC(OCC(O)C[N+](C)(C)C)(P(=O)([O-])O)P(=O)(O)O. The molecule has 0 rings (SSSR count). The van der Waals surface area contributed by atoms with Crippen LogP contribution in [-0.4, -0.2) is 69.8 Å². The molecule has 19 heavy (non-hydrogen) atoms. The lowest BCUT2D eigenvalue weighted by molar-refractivity contribution is -0.873. The summed E-state index contributed by atoms with van der Waals surface area (Å²) in [5.74, 6) is 0. The lowest BCUT2D eigenvalue weighted by Gasteiger charge is -2.38. The first-order valence-electron chi connectivity index (χ1n) is 5.32. The summed E-state index contributed by atoms with van der Waals surface area (Å²) in [5, 5.41) is 6.55. The quantitative estimate of drug-likeness (QED) is 0.326. The summed E-state index contributed by atoms with van der Waals surface area (Å²) < 4.78 is 27.2. The average molecular weight is 321 g/mol. The van der Waals surface area contributed by atoms with Gasteiger partial charge in [-0.3, -0.25) is 4.57 Å². The fourth-order valence-electron chi connectivity index (χ4n) is 1.27. The van der Waals surface area contributed by atoms with E-state index in [4.69, 9.17) is 14.7 Å². The first kappa shape index (κ1) is 19.2. The number of ether oxygens (including phenoxy) is 1. The molecule has 11 heteroatoms. The normalized spacial score (nSPS) is 21.5. The van der Waals surface area contributed by atoms with E-state index in [-0.39, 0.29) is 6.54 Å². The monoisotopic (exact) mass is 321 g/mol. The maximum atomic E-state index is 11.1. The summed E-state index contributed by atoms with van der Waals surface area (Å²) in [7, 11) is -5.47. The fourth-order valence-corrected chi connectivity index (χ4v) is 3.07. The second-order valence-electron chi connectivity index (χ2n) is 5.44. The molecule has 0 spiro atoms. The van der Waals surface area contributed by atoms with Gasteiger partial charge in [0, 0.05) is 0 Å². The second-order valence-corrected chi connectivity index (χ2v) is 9.62. The smallest absolute Gasteiger partial charge is 0.365 e. The van der Waals surface area contributed by atoms with Gasteiger partial charge in [0.25, 0.3) is 0 Å². The standard InChI is InChI=1S/C8H21NO8P2/c1-8(18(11,12)13,19(14,15)16)17-6-7(10)5-9(2,3)4/h7,10H,5-6H2,1-4H3,(H3-,11,12,13,14,15,16). The Balaban J connectivity index is 4.92. The number of aliphatic hydroxyl groups excluding tert-OH is 1. The summed E-state index contributed by atoms with van der Waals surface area (Å²) in [6.45, 7) is 0.107. The van der Waals surface area contributed by atoms with Crippen molar-refractivity contribution in [3.63, 3.8) is 0 Å². The van der Waals surface area contributed by atoms with E-state index in [1.807, 2.05) is 0 Å². The minimum Gasteiger partial charge on any atom is -0.776 e. The molecule has 0 heterocycles. The van der Waals surface area contributed by atoms with Crippen LogP contribution in [0.4, 0.5) is 0 Å². The Kier molecular flexibility index (Phi) is 5.95. The van der Waals surface area contributed by atoms with Crippen LogP contribution in [-0.2, 0) is 13.9 Å². The third-order valence-electron chi connectivity index (χ3n) is 2.37. The molecule has 116 valence electrons. The molecule has 9 nitrogen and oxygen atoms in total. The van der Waals surface area contributed by atoms with Gasteiger partial charge < -0.3 is 38.5 Å². The zero-order valence-electron chi connectivity index (χ0n) is 11.3. The lowest BCUT2D eigenvalue weighted by Crippen LogP contribution is -2.44. The minimum absolute atomic E-state index is 0.172. The van der Waals surface area contributed by atoms with Crippen LogP contribution in [0.2, 0.25) is 0 Å². The van der Waals surface area contributed by atoms with Gasteiger partial charge in [0.15, 0.2) is 7.60 Å². The Hall–Kier alpha value is 0.180. The van der Waals surface area contributed by atoms with Crippen molar-refractivity contribution >= 4 is 15.2 Å². The van der Waals surface area contributed by atoms with Crippen LogP contribution in [0.1, 0.15) is 6.92 Å². The maximum absolute atomic E-state index is 11.1. The first-order valence-corrected chi connectivity index (χ1v) is 8.51. The minimum atomic E-state index is -5.47. The highest BCUT2D eigenvalue weighted by molar-refractivity contribution is 7.71. The van der Waals surface area contributed by atoms with Gasteiger partial charge in [-0.25, -0.2) is 0 Å². The van der Waals surface area contributed by atoms with Crippen molar-refractivity contribution in [3.8, 4) is 0 Å². The van der Waals surface area contributed by atoms with Crippen molar-refractivity contribution < 1.29 is 43.0 Å². The van der Waals surface area contributed by atoms with Crippen molar-refractivity contribution in [1.82, 2.24) is 0 Å². The Morgan fingerprint density at radius 1 is 1.26 bits per heavy atom. The topological polar surface area (TPSA) is 147 Å². The van der Waals surface area contributed by atoms with E-state index in [9.17, 15) is 19.1 Å². The Bertz CT molecular complexity index is 372. The largest absolute Gasteiger partial charge is 0.776 e. The van der Waals surface area contributed by atoms with Crippen molar-refractivity contribution in [2.75, 3.05) is 34.3 Å². The Labute approximate surface area is 111 Å². The highest BCUT2D eigenvalue weighted by atomic mass is 31.2. The first-order chi connectivity index (χ1) is 8.10. The van der Waals surface area contributed by atoms with Crippen molar-refractivity contribution in [2.45, 2.75) is 18.1 Å². The number of hydrogen-bond acceptors (Lipinski definition) is 5. The van der Waals surface area contributed by atoms with E-state index in [1.54, 1.807) is 21.1 Å². The summed E-state index contributed by atoms with van der Waals surface area (Å²) in [5.41, 5.74) is 0. The van der Waals surface area contributed by atoms with Crippen molar-refractivity contribution in [1.29, 1.82) is 0 Å². The number of quaternary nitrogens is 1. The third kappa shape index (κ3) is 5.59. The van der Waals surface area contributed by atoms with Gasteiger partial charge in [-0.05, 0) is 6.92 Å². The van der Waals surface area contributed by atoms with Crippen LogP contribution in [0, 0.1) is 0 Å². The molecular weight excluding hydrogens is 300 g/mol. The summed E-state index contributed by atoms with van der Waals surface area (Å²) in [4.78, 5) is 38.0. The summed E-state index contributed by atoms with van der Waals surface area (Å²) in [6, 6.07) is 0. The molecule has 0 bridgehead atoms.